The van der Waals surface area contributed by atoms with Gasteiger partial charge >= 0.3 is 0 Å². The van der Waals surface area contributed by atoms with Crippen molar-refractivity contribution < 1.29 is 5.11 Å². The first-order valence-electron chi connectivity index (χ1n) is 6.28. The summed E-state index contributed by atoms with van der Waals surface area (Å²) in [6, 6.07) is 1.97. The summed E-state index contributed by atoms with van der Waals surface area (Å²) in [6.45, 7) is 4.62. The third-order valence-electron chi connectivity index (χ3n) is 3.41. The Kier molecular flexibility index (Phi) is 4.34. The summed E-state index contributed by atoms with van der Waals surface area (Å²) in [5.41, 5.74) is 1.98. The molecule has 2 heterocycles. The number of pyridine rings is 1. The molecule has 0 amide bonds. The van der Waals surface area contributed by atoms with Gasteiger partial charge in [-0.15, -0.1) is 0 Å². The lowest BCUT2D eigenvalue weighted by Crippen LogP contribution is -2.31. The van der Waals surface area contributed by atoms with Crippen molar-refractivity contribution in [3.63, 3.8) is 0 Å². The molecule has 0 unspecified atom stereocenters. The van der Waals surface area contributed by atoms with E-state index in [1.807, 2.05) is 6.07 Å². The quantitative estimate of drug-likeness (QED) is 0.830. The number of rotatable bonds is 5. The van der Waals surface area contributed by atoms with E-state index in [1.165, 1.54) is 25.9 Å². The summed E-state index contributed by atoms with van der Waals surface area (Å²) >= 11 is 0. The number of hydrogen-bond acceptors (Lipinski definition) is 4. The van der Waals surface area contributed by atoms with Gasteiger partial charge in [-0.1, -0.05) is 0 Å². The summed E-state index contributed by atoms with van der Waals surface area (Å²) in [7, 11) is 2.07. The van der Waals surface area contributed by atoms with E-state index in [2.05, 4.69) is 21.8 Å². The number of aliphatic hydroxyl groups is 1. The fraction of sp³-hybridized carbons (Fsp3) is 0.615. The minimum absolute atomic E-state index is 0.0528. The highest BCUT2D eigenvalue weighted by molar-refractivity contribution is 5.51. The molecule has 0 saturated carbocycles. The average molecular weight is 235 g/mol. The first kappa shape index (κ1) is 12.3. The molecular formula is C13H21N3O. The molecule has 0 bridgehead atoms. The molecule has 94 valence electrons. The molecule has 1 aromatic heterocycles. The third-order valence-corrected chi connectivity index (χ3v) is 3.41. The van der Waals surface area contributed by atoms with Crippen molar-refractivity contribution >= 4 is 5.69 Å². The fourth-order valence-corrected chi connectivity index (χ4v) is 2.33. The summed E-state index contributed by atoms with van der Waals surface area (Å²) in [6.07, 6.45) is 6.18. The molecule has 0 atom stereocenters. The molecule has 0 aliphatic carbocycles. The van der Waals surface area contributed by atoms with E-state index < -0.39 is 0 Å². The van der Waals surface area contributed by atoms with E-state index in [1.54, 1.807) is 12.4 Å². The van der Waals surface area contributed by atoms with Gasteiger partial charge < -0.3 is 14.9 Å². The van der Waals surface area contributed by atoms with Crippen LogP contribution in [-0.2, 0) is 6.61 Å². The van der Waals surface area contributed by atoms with Crippen LogP contribution in [0.4, 0.5) is 5.69 Å². The molecule has 1 aliphatic rings. The van der Waals surface area contributed by atoms with Crippen LogP contribution >= 0.6 is 0 Å². The maximum absolute atomic E-state index is 9.27. The third kappa shape index (κ3) is 3.17. The van der Waals surface area contributed by atoms with Gasteiger partial charge in [0.25, 0.3) is 0 Å². The monoisotopic (exact) mass is 235 g/mol. The summed E-state index contributed by atoms with van der Waals surface area (Å²) < 4.78 is 0. The van der Waals surface area contributed by atoms with Crippen molar-refractivity contribution in [2.75, 3.05) is 38.1 Å². The lowest BCUT2D eigenvalue weighted by molar-refractivity contribution is 0.281. The van der Waals surface area contributed by atoms with Gasteiger partial charge in [0.1, 0.15) is 0 Å². The Morgan fingerprint density at radius 1 is 1.41 bits per heavy atom. The summed E-state index contributed by atoms with van der Waals surface area (Å²) in [5, 5.41) is 9.27. The zero-order valence-corrected chi connectivity index (χ0v) is 10.5. The van der Waals surface area contributed by atoms with Gasteiger partial charge in [0.2, 0.25) is 0 Å². The van der Waals surface area contributed by atoms with E-state index in [0.29, 0.717) is 0 Å². The molecule has 4 heteroatoms. The SMILES string of the molecule is CN(CCN1CCCC1)c1ccncc1CO. The largest absolute Gasteiger partial charge is 0.392 e. The fourth-order valence-electron chi connectivity index (χ4n) is 2.33. The zero-order chi connectivity index (χ0) is 12.1. The van der Waals surface area contributed by atoms with Crippen LogP contribution in [0.5, 0.6) is 0 Å². The second-order valence-corrected chi connectivity index (χ2v) is 4.63. The Labute approximate surface area is 103 Å². The molecule has 0 spiro atoms. The summed E-state index contributed by atoms with van der Waals surface area (Å²) in [5.74, 6) is 0. The van der Waals surface area contributed by atoms with Gasteiger partial charge in [-0.3, -0.25) is 4.98 Å². The smallest absolute Gasteiger partial charge is 0.0717 e. The highest BCUT2D eigenvalue weighted by Crippen LogP contribution is 2.18. The van der Waals surface area contributed by atoms with Crippen molar-refractivity contribution in [3.8, 4) is 0 Å². The standard InChI is InChI=1S/C13H21N3O/c1-15(8-9-16-6-2-3-7-16)13-4-5-14-10-12(13)11-17/h4-5,10,17H,2-3,6-9,11H2,1H3. The molecule has 2 rings (SSSR count). The van der Waals surface area contributed by atoms with Gasteiger partial charge in [-0.2, -0.15) is 0 Å². The first-order chi connectivity index (χ1) is 8.31. The highest BCUT2D eigenvalue weighted by atomic mass is 16.3. The van der Waals surface area contributed by atoms with Gasteiger partial charge in [0.15, 0.2) is 0 Å². The van der Waals surface area contributed by atoms with Gasteiger partial charge in [0.05, 0.1) is 6.61 Å². The number of aliphatic hydroxyl groups excluding tert-OH is 1. The van der Waals surface area contributed by atoms with E-state index in [-0.39, 0.29) is 6.61 Å². The predicted molar refractivity (Wildman–Crippen MR) is 69.1 cm³/mol. The zero-order valence-electron chi connectivity index (χ0n) is 10.5. The Hall–Kier alpha value is -1.13. The second kappa shape index (κ2) is 5.98. The number of likely N-dealkylation sites (tertiary alicyclic amines) is 1. The minimum atomic E-state index is 0.0528. The number of likely N-dealkylation sites (N-methyl/N-ethyl adjacent to an activating group) is 1. The molecular weight excluding hydrogens is 214 g/mol. The van der Waals surface area contributed by atoms with E-state index in [4.69, 9.17) is 0 Å². The maximum Gasteiger partial charge on any atom is 0.0717 e. The Morgan fingerprint density at radius 3 is 2.88 bits per heavy atom. The van der Waals surface area contributed by atoms with Gasteiger partial charge in [-0.05, 0) is 32.0 Å². The van der Waals surface area contributed by atoms with E-state index >= 15 is 0 Å². The van der Waals surface area contributed by atoms with Crippen LogP contribution in [0.1, 0.15) is 18.4 Å². The van der Waals surface area contributed by atoms with Crippen LogP contribution in [0.25, 0.3) is 0 Å². The Balaban J connectivity index is 1.91. The number of hydrogen-bond donors (Lipinski definition) is 1. The second-order valence-electron chi connectivity index (χ2n) is 4.63. The van der Waals surface area contributed by atoms with Crippen molar-refractivity contribution in [1.82, 2.24) is 9.88 Å². The average Bonchev–Trinajstić information content (AvgIpc) is 2.89. The van der Waals surface area contributed by atoms with Crippen LogP contribution in [0.2, 0.25) is 0 Å². The molecule has 1 saturated heterocycles. The summed E-state index contributed by atoms with van der Waals surface area (Å²) in [4.78, 5) is 8.74. The predicted octanol–water partition coefficient (Wildman–Crippen LogP) is 1.11. The molecule has 0 radical (unpaired) electrons. The van der Waals surface area contributed by atoms with Gasteiger partial charge in [0, 0.05) is 43.8 Å². The van der Waals surface area contributed by atoms with Gasteiger partial charge in [-0.25, -0.2) is 0 Å². The van der Waals surface area contributed by atoms with Crippen LogP contribution in [0.15, 0.2) is 18.5 Å². The molecule has 17 heavy (non-hydrogen) atoms. The lowest BCUT2D eigenvalue weighted by atomic mass is 10.2. The molecule has 1 N–H and O–H groups in total. The van der Waals surface area contributed by atoms with E-state index in [9.17, 15) is 5.11 Å². The minimum Gasteiger partial charge on any atom is -0.392 e. The molecule has 4 nitrogen and oxygen atoms in total. The molecule has 1 aliphatic heterocycles. The van der Waals surface area contributed by atoms with Crippen molar-refractivity contribution in [1.29, 1.82) is 0 Å². The topological polar surface area (TPSA) is 39.6 Å². The van der Waals surface area contributed by atoms with Crippen LogP contribution in [0.3, 0.4) is 0 Å². The molecule has 1 fully saturated rings. The number of nitrogens with zero attached hydrogens (tertiary/aromatic N) is 3. The van der Waals surface area contributed by atoms with Crippen LogP contribution in [0, 0.1) is 0 Å². The van der Waals surface area contributed by atoms with E-state index in [0.717, 1.165) is 24.3 Å². The van der Waals surface area contributed by atoms with Crippen LogP contribution < -0.4 is 4.90 Å². The maximum atomic E-state index is 9.27. The molecule has 0 aromatic carbocycles. The lowest BCUT2D eigenvalue weighted by Gasteiger charge is -2.24. The highest BCUT2D eigenvalue weighted by Gasteiger charge is 2.13. The van der Waals surface area contributed by atoms with Crippen molar-refractivity contribution in [2.24, 2.45) is 0 Å². The number of aromatic nitrogens is 1. The first-order valence-corrected chi connectivity index (χ1v) is 6.28. The van der Waals surface area contributed by atoms with Crippen molar-refractivity contribution in [3.05, 3.63) is 24.0 Å². The Bertz CT molecular complexity index is 350. The van der Waals surface area contributed by atoms with Crippen molar-refractivity contribution in [2.45, 2.75) is 19.4 Å². The van der Waals surface area contributed by atoms with Crippen LogP contribution in [-0.4, -0.2) is 48.2 Å². The normalized spacial score (nSPS) is 16.4. The Morgan fingerprint density at radius 2 is 2.18 bits per heavy atom. The molecule has 1 aromatic rings. The number of anilines is 1.